The summed E-state index contributed by atoms with van der Waals surface area (Å²) >= 11 is 0. The summed E-state index contributed by atoms with van der Waals surface area (Å²) in [7, 11) is 0. The molecule has 0 unspecified atom stereocenters. The summed E-state index contributed by atoms with van der Waals surface area (Å²) in [6.07, 6.45) is 3.67. The number of ether oxygens (including phenoxy) is 2. The predicted molar refractivity (Wildman–Crippen MR) is 122 cm³/mol. The molecule has 2 amide bonds. The number of hydrogen-bond donors (Lipinski definition) is 1. The summed E-state index contributed by atoms with van der Waals surface area (Å²) in [6, 6.07) is 15.6. The molecule has 1 heterocycles. The number of amides is 2. The van der Waals surface area contributed by atoms with E-state index >= 15 is 0 Å². The van der Waals surface area contributed by atoms with E-state index in [1.165, 1.54) is 10.9 Å². The molecule has 0 spiro atoms. The fourth-order valence-corrected chi connectivity index (χ4v) is 3.01. The van der Waals surface area contributed by atoms with Crippen molar-refractivity contribution >= 4 is 18.0 Å². The van der Waals surface area contributed by atoms with Gasteiger partial charge in [0.05, 0.1) is 25.0 Å². The van der Waals surface area contributed by atoms with E-state index in [9.17, 15) is 9.59 Å². The normalized spacial score (nSPS) is 10.4. The van der Waals surface area contributed by atoms with Crippen LogP contribution in [0.5, 0.6) is 11.5 Å². The first-order chi connectivity index (χ1) is 15.5. The number of anilines is 1. The number of aromatic nitrogens is 2. The third-order valence-electron chi connectivity index (χ3n) is 4.81. The van der Waals surface area contributed by atoms with Crippen LogP contribution in [0.2, 0.25) is 0 Å². The monoisotopic (exact) mass is 436 g/mol. The molecule has 1 aromatic heterocycles. The molecule has 0 saturated carbocycles. The minimum absolute atomic E-state index is 0.0512. The molecule has 2 aromatic carbocycles. The Morgan fingerprint density at radius 1 is 0.969 bits per heavy atom. The average molecular weight is 437 g/mol. The van der Waals surface area contributed by atoms with E-state index in [2.05, 4.69) is 10.4 Å². The second-order valence-corrected chi connectivity index (χ2v) is 7.39. The van der Waals surface area contributed by atoms with Gasteiger partial charge >= 0.3 is 0 Å². The van der Waals surface area contributed by atoms with Crippen LogP contribution in [0.3, 0.4) is 0 Å². The minimum Gasteiger partial charge on any atom is -0.492 e. The van der Waals surface area contributed by atoms with Gasteiger partial charge in [0.2, 0.25) is 12.3 Å². The maximum absolute atomic E-state index is 12.9. The summed E-state index contributed by atoms with van der Waals surface area (Å²) in [5.41, 5.74) is 2.85. The lowest BCUT2D eigenvalue weighted by Gasteiger charge is -2.23. The van der Waals surface area contributed by atoms with Crippen LogP contribution < -0.4 is 14.8 Å². The Morgan fingerprint density at radius 2 is 1.50 bits per heavy atom. The topological polar surface area (TPSA) is 85.7 Å². The van der Waals surface area contributed by atoms with E-state index in [-0.39, 0.29) is 12.5 Å². The molecule has 8 heteroatoms. The van der Waals surface area contributed by atoms with Gasteiger partial charge in [-0.05, 0) is 38.1 Å². The molecule has 3 aromatic rings. The van der Waals surface area contributed by atoms with Gasteiger partial charge in [-0.25, -0.2) is 0 Å². The average Bonchev–Trinajstić information content (AvgIpc) is 3.22. The molecular weight excluding hydrogens is 408 g/mol. The Kier molecular flexibility index (Phi) is 8.25. The van der Waals surface area contributed by atoms with Crippen LogP contribution in [0.25, 0.3) is 0 Å². The van der Waals surface area contributed by atoms with E-state index in [4.69, 9.17) is 9.47 Å². The first-order valence-corrected chi connectivity index (χ1v) is 10.4. The van der Waals surface area contributed by atoms with E-state index in [1.807, 2.05) is 62.4 Å². The summed E-state index contributed by atoms with van der Waals surface area (Å²) in [6.45, 7) is 5.62. The van der Waals surface area contributed by atoms with Gasteiger partial charge in [-0.1, -0.05) is 35.4 Å². The van der Waals surface area contributed by atoms with Crippen molar-refractivity contribution in [3.8, 4) is 11.5 Å². The molecular formula is C24H28N4O4. The van der Waals surface area contributed by atoms with Gasteiger partial charge in [0.25, 0.3) is 0 Å². The third-order valence-corrected chi connectivity index (χ3v) is 4.81. The molecule has 0 saturated heterocycles. The number of benzene rings is 2. The maximum Gasteiger partial charge on any atom is 0.244 e. The zero-order valence-corrected chi connectivity index (χ0v) is 18.4. The molecule has 0 bridgehead atoms. The van der Waals surface area contributed by atoms with Crippen LogP contribution in [0, 0.1) is 13.8 Å². The number of nitrogens with one attached hydrogen (secondary N) is 1. The molecule has 0 radical (unpaired) electrons. The van der Waals surface area contributed by atoms with Gasteiger partial charge in [0.15, 0.2) is 0 Å². The van der Waals surface area contributed by atoms with Crippen molar-refractivity contribution in [1.29, 1.82) is 0 Å². The van der Waals surface area contributed by atoms with Crippen molar-refractivity contribution in [2.75, 3.05) is 31.6 Å². The summed E-state index contributed by atoms with van der Waals surface area (Å²) < 4.78 is 13.1. The van der Waals surface area contributed by atoms with E-state index < -0.39 is 0 Å². The molecule has 168 valence electrons. The van der Waals surface area contributed by atoms with Crippen molar-refractivity contribution < 1.29 is 19.1 Å². The van der Waals surface area contributed by atoms with Crippen LogP contribution in [0.15, 0.2) is 60.9 Å². The number of carbonyl (C=O) groups is 2. The Labute approximate surface area is 187 Å². The molecule has 3 rings (SSSR count). The lowest BCUT2D eigenvalue weighted by Crippen LogP contribution is -2.39. The first kappa shape index (κ1) is 22.9. The van der Waals surface area contributed by atoms with Gasteiger partial charge < -0.3 is 19.7 Å². The van der Waals surface area contributed by atoms with Crippen LogP contribution in [0.4, 0.5) is 5.69 Å². The van der Waals surface area contributed by atoms with E-state index in [1.54, 1.807) is 11.1 Å². The van der Waals surface area contributed by atoms with Crippen molar-refractivity contribution in [1.82, 2.24) is 14.7 Å². The zero-order chi connectivity index (χ0) is 22.8. The summed E-state index contributed by atoms with van der Waals surface area (Å²) in [4.78, 5) is 25.2. The van der Waals surface area contributed by atoms with Crippen molar-refractivity contribution in [3.05, 3.63) is 72.1 Å². The Hall–Kier alpha value is -3.81. The van der Waals surface area contributed by atoms with Gasteiger partial charge in [0.1, 0.15) is 31.3 Å². The van der Waals surface area contributed by atoms with Gasteiger partial charge in [0, 0.05) is 6.20 Å². The molecule has 1 N–H and O–H groups in total. The van der Waals surface area contributed by atoms with Gasteiger partial charge in [-0.15, -0.1) is 0 Å². The van der Waals surface area contributed by atoms with Gasteiger partial charge in [-0.3, -0.25) is 14.3 Å². The molecule has 8 nitrogen and oxygen atoms in total. The fourth-order valence-electron chi connectivity index (χ4n) is 3.01. The second-order valence-electron chi connectivity index (χ2n) is 7.39. The molecule has 0 aliphatic heterocycles. The number of aryl methyl sites for hydroxylation is 2. The standard InChI is InChI=1S/C24H28N4O4/c1-19-3-7-22(8-4-19)31-13-11-27(12-14-32-23-9-5-20(2)6-10-23)24(30)17-28-16-21(15-26-28)25-18-29/h3-10,15-16,18H,11-14,17H2,1-2H3,(H,25,29). The highest BCUT2D eigenvalue weighted by Gasteiger charge is 2.15. The summed E-state index contributed by atoms with van der Waals surface area (Å²) in [5, 5.41) is 6.63. The van der Waals surface area contributed by atoms with Crippen LogP contribution in [-0.2, 0) is 16.1 Å². The van der Waals surface area contributed by atoms with Crippen molar-refractivity contribution in [2.45, 2.75) is 20.4 Å². The highest BCUT2D eigenvalue weighted by atomic mass is 16.5. The van der Waals surface area contributed by atoms with E-state index in [0.717, 1.165) is 22.6 Å². The van der Waals surface area contributed by atoms with E-state index in [0.29, 0.717) is 38.4 Å². The van der Waals surface area contributed by atoms with Gasteiger partial charge in [-0.2, -0.15) is 5.10 Å². The number of nitrogens with zero attached hydrogens (tertiary/aromatic N) is 3. The number of carbonyl (C=O) groups excluding carboxylic acids is 2. The van der Waals surface area contributed by atoms with Crippen molar-refractivity contribution in [2.24, 2.45) is 0 Å². The maximum atomic E-state index is 12.9. The molecule has 32 heavy (non-hydrogen) atoms. The molecule has 0 aliphatic rings. The molecule has 0 aliphatic carbocycles. The lowest BCUT2D eigenvalue weighted by atomic mass is 10.2. The largest absolute Gasteiger partial charge is 0.492 e. The molecule has 0 atom stereocenters. The van der Waals surface area contributed by atoms with Crippen LogP contribution in [-0.4, -0.2) is 53.3 Å². The smallest absolute Gasteiger partial charge is 0.244 e. The molecule has 0 fully saturated rings. The SMILES string of the molecule is Cc1ccc(OCCN(CCOc2ccc(C)cc2)C(=O)Cn2cc(NC=O)cn2)cc1. The quantitative estimate of drug-likeness (QED) is 0.441. The Balaban J connectivity index is 1.57. The fraction of sp³-hybridized carbons (Fsp3) is 0.292. The highest BCUT2D eigenvalue weighted by Crippen LogP contribution is 2.13. The minimum atomic E-state index is -0.120. The third kappa shape index (κ3) is 7.16. The zero-order valence-electron chi connectivity index (χ0n) is 18.4. The van der Waals surface area contributed by atoms with Crippen molar-refractivity contribution in [3.63, 3.8) is 0 Å². The Morgan fingerprint density at radius 3 is 2.00 bits per heavy atom. The number of hydrogen-bond acceptors (Lipinski definition) is 5. The first-order valence-electron chi connectivity index (χ1n) is 10.4. The number of rotatable bonds is 12. The second kappa shape index (κ2) is 11.5. The summed E-state index contributed by atoms with van der Waals surface area (Å²) in [5.74, 6) is 1.40. The predicted octanol–water partition coefficient (Wildman–Crippen LogP) is 3.05. The highest BCUT2D eigenvalue weighted by molar-refractivity contribution is 5.76. The Bertz CT molecular complexity index is 948. The van der Waals surface area contributed by atoms with Crippen LogP contribution >= 0.6 is 0 Å². The lowest BCUT2D eigenvalue weighted by molar-refractivity contribution is -0.132. The van der Waals surface area contributed by atoms with Crippen LogP contribution in [0.1, 0.15) is 11.1 Å².